The van der Waals surface area contributed by atoms with Crippen LogP contribution in [0, 0.1) is 5.92 Å². The monoisotopic (exact) mass is 261 g/mol. The summed E-state index contributed by atoms with van der Waals surface area (Å²) in [5.74, 6) is 1.96. The van der Waals surface area contributed by atoms with Gasteiger partial charge in [-0.05, 0) is 6.07 Å². The number of hydrogen-bond donors (Lipinski definition) is 2. The lowest BCUT2D eigenvalue weighted by Crippen LogP contribution is -2.38. The van der Waals surface area contributed by atoms with Crippen LogP contribution in [0.5, 0.6) is 11.5 Å². The Morgan fingerprint density at radius 2 is 2.16 bits per heavy atom. The third-order valence-electron chi connectivity index (χ3n) is 3.87. The van der Waals surface area contributed by atoms with Gasteiger partial charge in [-0.3, -0.25) is 0 Å². The van der Waals surface area contributed by atoms with Crippen molar-refractivity contribution in [2.75, 3.05) is 27.3 Å². The van der Waals surface area contributed by atoms with E-state index >= 15 is 0 Å². The van der Waals surface area contributed by atoms with Crippen LogP contribution in [0.25, 0.3) is 0 Å². The normalized spacial score (nSPS) is 25.3. The van der Waals surface area contributed by atoms with E-state index in [1.54, 1.807) is 14.2 Å². The number of para-hydroxylation sites is 1. The molecule has 102 valence electrons. The van der Waals surface area contributed by atoms with Crippen LogP contribution in [-0.4, -0.2) is 33.0 Å². The number of benzene rings is 1. The number of hydrazone groups is 1. The fourth-order valence-corrected chi connectivity index (χ4v) is 2.91. The molecule has 2 aliphatic heterocycles. The summed E-state index contributed by atoms with van der Waals surface area (Å²) in [5.41, 5.74) is 5.62. The number of nitrogens with zero attached hydrogens (tertiary/aromatic N) is 1. The second-order valence-corrected chi connectivity index (χ2v) is 4.85. The second-order valence-electron chi connectivity index (χ2n) is 4.85. The molecule has 1 fully saturated rings. The Hall–Kier alpha value is -1.75. The molecule has 2 unspecified atom stereocenters. The summed E-state index contributed by atoms with van der Waals surface area (Å²) in [7, 11) is 3.34. The van der Waals surface area contributed by atoms with E-state index in [0.717, 1.165) is 36.6 Å². The van der Waals surface area contributed by atoms with Crippen molar-refractivity contribution in [1.29, 1.82) is 0 Å². The molecule has 0 bridgehead atoms. The molecule has 0 aliphatic carbocycles. The van der Waals surface area contributed by atoms with E-state index in [2.05, 4.69) is 21.9 Å². The van der Waals surface area contributed by atoms with Gasteiger partial charge in [0, 0.05) is 36.7 Å². The molecule has 0 saturated carbocycles. The Kier molecular flexibility index (Phi) is 3.29. The topological polar surface area (TPSA) is 54.9 Å². The number of hydrogen-bond acceptors (Lipinski definition) is 5. The molecule has 1 aromatic carbocycles. The summed E-state index contributed by atoms with van der Waals surface area (Å²) in [6.45, 7) is 1.97. The fourth-order valence-electron chi connectivity index (χ4n) is 2.91. The van der Waals surface area contributed by atoms with Crippen molar-refractivity contribution in [2.24, 2.45) is 11.0 Å². The Bertz CT molecular complexity index is 501. The Morgan fingerprint density at radius 3 is 2.95 bits per heavy atom. The third-order valence-corrected chi connectivity index (χ3v) is 3.87. The highest BCUT2D eigenvalue weighted by atomic mass is 16.5. The van der Waals surface area contributed by atoms with Gasteiger partial charge < -0.3 is 20.2 Å². The van der Waals surface area contributed by atoms with E-state index in [9.17, 15) is 0 Å². The number of methoxy groups -OCH3 is 2. The van der Waals surface area contributed by atoms with Crippen LogP contribution in [0.4, 0.5) is 0 Å². The zero-order chi connectivity index (χ0) is 13.2. The molecule has 0 radical (unpaired) electrons. The van der Waals surface area contributed by atoms with Crippen LogP contribution in [0.1, 0.15) is 18.0 Å². The summed E-state index contributed by atoms with van der Waals surface area (Å²) < 4.78 is 10.9. The molecule has 1 saturated heterocycles. The molecule has 2 atom stereocenters. The molecule has 0 aromatic heterocycles. The molecule has 5 heteroatoms. The maximum atomic E-state index is 5.52. The fraction of sp³-hybridized carbons (Fsp3) is 0.500. The predicted octanol–water partition coefficient (Wildman–Crippen LogP) is 1.31. The SMILES string of the molecule is COc1cccc(C2NN=C3CCNCC32)c1OC. The Balaban J connectivity index is 1.95. The quantitative estimate of drug-likeness (QED) is 0.861. The minimum absolute atomic E-state index is 0.160. The molecule has 19 heavy (non-hydrogen) atoms. The largest absolute Gasteiger partial charge is 0.493 e. The lowest BCUT2D eigenvalue weighted by Gasteiger charge is -2.26. The smallest absolute Gasteiger partial charge is 0.166 e. The van der Waals surface area contributed by atoms with Crippen molar-refractivity contribution < 1.29 is 9.47 Å². The van der Waals surface area contributed by atoms with Crippen LogP contribution in [0.15, 0.2) is 23.3 Å². The van der Waals surface area contributed by atoms with Crippen molar-refractivity contribution in [3.63, 3.8) is 0 Å². The number of rotatable bonds is 3. The zero-order valence-electron chi connectivity index (χ0n) is 11.3. The third kappa shape index (κ3) is 2.04. The number of nitrogens with one attached hydrogen (secondary N) is 2. The Labute approximate surface area is 113 Å². The minimum Gasteiger partial charge on any atom is -0.493 e. The predicted molar refractivity (Wildman–Crippen MR) is 73.8 cm³/mol. The van der Waals surface area contributed by atoms with Gasteiger partial charge in [0.15, 0.2) is 11.5 Å². The van der Waals surface area contributed by atoms with Crippen molar-refractivity contribution in [2.45, 2.75) is 12.5 Å². The van der Waals surface area contributed by atoms with E-state index < -0.39 is 0 Å². The van der Waals surface area contributed by atoms with Crippen molar-refractivity contribution >= 4 is 5.71 Å². The first-order valence-electron chi connectivity index (χ1n) is 6.58. The lowest BCUT2D eigenvalue weighted by molar-refractivity contribution is 0.342. The van der Waals surface area contributed by atoms with Crippen LogP contribution in [0.2, 0.25) is 0 Å². The molecule has 2 aliphatic rings. The highest BCUT2D eigenvalue weighted by Crippen LogP contribution is 2.39. The van der Waals surface area contributed by atoms with E-state index in [4.69, 9.17) is 9.47 Å². The van der Waals surface area contributed by atoms with Crippen molar-refractivity contribution in [3.8, 4) is 11.5 Å². The average molecular weight is 261 g/mol. The first-order valence-corrected chi connectivity index (χ1v) is 6.58. The highest BCUT2D eigenvalue weighted by Gasteiger charge is 2.36. The number of ether oxygens (including phenoxy) is 2. The molecular formula is C14H19N3O2. The molecule has 5 nitrogen and oxygen atoms in total. The van der Waals surface area contributed by atoms with Gasteiger partial charge in [0.2, 0.25) is 0 Å². The van der Waals surface area contributed by atoms with Crippen molar-refractivity contribution in [1.82, 2.24) is 10.7 Å². The van der Waals surface area contributed by atoms with Gasteiger partial charge in [-0.2, -0.15) is 5.10 Å². The molecular weight excluding hydrogens is 242 g/mol. The summed E-state index contributed by atoms with van der Waals surface area (Å²) in [6, 6.07) is 6.14. The number of fused-ring (bicyclic) bond motifs is 1. The Morgan fingerprint density at radius 1 is 1.26 bits per heavy atom. The zero-order valence-corrected chi connectivity index (χ0v) is 11.3. The van der Waals surface area contributed by atoms with E-state index in [0.29, 0.717) is 5.92 Å². The summed E-state index contributed by atoms with van der Waals surface area (Å²) >= 11 is 0. The highest BCUT2D eigenvalue weighted by molar-refractivity contribution is 5.90. The van der Waals surface area contributed by atoms with Gasteiger partial charge in [0.1, 0.15) is 0 Å². The standard InChI is InChI=1S/C14H19N3O2/c1-18-12-5-3-4-9(14(12)19-2)13-10-8-15-7-6-11(10)16-17-13/h3-5,10,13,15,17H,6-8H2,1-2H3. The molecule has 2 heterocycles. The van der Waals surface area contributed by atoms with Crippen LogP contribution in [0.3, 0.4) is 0 Å². The van der Waals surface area contributed by atoms with E-state index in [1.165, 1.54) is 5.71 Å². The maximum absolute atomic E-state index is 5.52. The van der Waals surface area contributed by atoms with Gasteiger partial charge in [-0.1, -0.05) is 12.1 Å². The van der Waals surface area contributed by atoms with Crippen LogP contribution < -0.4 is 20.2 Å². The van der Waals surface area contributed by atoms with E-state index in [-0.39, 0.29) is 6.04 Å². The lowest BCUT2D eigenvalue weighted by atomic mass is 9.87. The second kappa shape index (κ2) is 5.09. The first kappa shape index (κ1) is 12.3. The van der Waals surface area contributed by atoms with Gasteiger partial charge in [-0.25, -0.2) is 0 Å². The molecule has 2 N–H and O–H groups in total. The maximum Gasteiger partial charge on any atom is 0.166 e. The molecule has 0 amide bonds. The van der Waals surface area contributed by atoms with E-state index in [1.807, 2.05) is 12.1 Å². The average Bonchev–Trinajstić information content (AvgIpc) is 2.90. The minimum atomic E-state index is 0.160. The summed E-state index contributed by atoms with van der Waals surface area (Å²) in [6.07, 6.45) is 1.01. The van der Waals surface area contributed by atoms with Crippen molar-refractivity contribution in [3.05, 3.63) is 23.8 Å². The summed E-state index contributed by atoms with van der Waals surface area (Å²) in [4.78, 5) is 0. The van der Waals surface area contributed by atoms with Gasteiger partial charge in [0.25, 0.3) is 0 Å². The molecule has 0 spiro atoms. The van der Waals surface area contributed by atoms with Gasteiger partial charge in [-0.15, -0.1) is 0 Å². The van der Waals surface area contributed by atoms with Gasteiger partial charge >= 0.3 is 0 Å². The van der Waals surface area contributed by atoms with Gasteiger partial charge in [0.05, 0.1) is 20.3 Å². The van der Waals surface area contributed by atoms with Crippen LogP contribution in [-0.2, 0) is 0 Å². The molecule has 3 rings (SSSR count). The molecule has 1 aromatic rings. The van der Waals surface area contributed by atoms with Crippen LogP contribution >= 0.6 is 0 Å². The number of piperidine rings is 1. The summed E-state index contributed by atoms with van der Waals surface area (Å²) in [5, 5.41) is 7.91. The first-order chi connectivity index (χ1) is 9.35.